The summed E-state index contributed by atoms with van der Waals surface area (Å²) < 4.78 is 5.23. The van der Waals surface area contributed by atoms with Crippen LogP contribution in [0.4, 0.5) is 0 Å². The van der Waals surface area contributed by atoms with Gasteiger partial charge in [0, 0.05) is 12.1 Å². The molecule has 1 heterocycles. The van der Waals surface area contributed by atoms with Crippen molar-refractivity contribution in [3.8, 4) is 5.75 Å². The van der Waals surface area contributed by atoms with Crippen molar-refractivity contribution in [2.24, 2.45) is 0 Å². The number of benzene rings is 2. The van der Waals surface area contributed by atoms with Gasteiger partial charge in [0.15, 0.2) is 0 Å². The highest BCUT2D eigenvalue weighted by Crippen LogP contribution is 2.39. The van der Waals surface area contributed by atoms with Gasteiger partial charge in [-0.25, -0.2) is 0 Å². The van der Waals surface area contributed by atoms with Crippen molar-refractivity contribution in [3.05, 3.63) is 71.3 Å². The Balaban J connectivity index is 2.04. The van der Waals surface area contributed by atoms with Gasteiger partial charge in [-0.05, 0) is 24.1 Å². The van der Waals surface area contributed by atoms with E-state index in [1.165, 1.54) is 0 Å². The van der Waals surface area contributed by atoms with Crippen LogP contribution >= 0.6 is 0 Å². The molecular formula is C24H27NO4. The molecule has 0 spiro atoms. The molecule has 1 fully saturated rings. The summed E-state index contributed by atoms with van der Waals surface area (Å²) in [7, 11) is 1.59. The van der Waals surface area contributed by atoms with Gasteiger partial charge < -0.3 is 14.7 Å². The van der Waals surface area contributed by atoms with Crippen LogP contribution < -0.4 is 4.74 Å². The van der Waals surface area contributed by atoms with Crippen LogP contribution in [0.2, 0.25) is 0 Å². The quantitative estimate of drug-likeness (QED) is 0.306. The summed E-state index contributed by atoms with van der Waals surface area (Å²) in [5.74, 6) is -0.639. The normalized spacial score (nSPS) is 18.3. The lowest BCUT2D eigenvalue weighted by atomic mass is 9.95. The second-order valence-electron chi connectivity index (χ2n) is 7.19. The zero-order chi connectivity index (χ0) is 20.8. The van der Waals surface area contributed by atoms with E-state index >= 15 is 0 Å². The molecule has 1 saturated heterocycles. The molecule has 1 N–H and O–H groups in total. The maximum Gasteiger partial charge on any atom is 0.295 e. The molecule has 5 nitrogen and oxygen atoms in total. The Morgan fingerprint density at radius 1 is 1.00 bits per heavy atom. The van der Waals surface area contributed by atoms with Crippen molar-refractivity contribution in [3.63, 3.8) is 0 Å². The fraction of sp³-hybridized carbons (Fsp3) is 0.333. The maximum atomic E-state index is 12.9. The SMILES string of the molecule is CCCCCCN1C(=O)C(=O)C(=C(O)c2ccccc2)[C@H]1c1ccc(OC)cc1. The van der Waals surface area contributed by atoms with E-state index in [2.05, 4.69) is 6.92 Å². The highest BCUT2D eigenvalue weighted by Gasteiger charge is 2.45. The number of Topliss-reactive ketones (excluding diaryl/α,β-unsaturated/α-hetero) is 1. The van der Waals surface area contributed by atoms with Gasteiger partial charge in [0.1, 0.15) is 11.5 Å². The third-order valence-electron chi connectivity index (χ3n) is 5.27. The number of ether oxygens (including phenoxy) is 1. The summed E-state index contributed by atoms with van der Waals surface area (Å²) in [6.45, 7) is 2.61. The van der Waals surface area contributed by atoms with Crippen LogP contribution in [0.1, 0.15) is 49.8 Å². The molecule has 1 aliphatic heterocycles. The van der Waals surface area contributed by atoms with Gasteiger partial charge in [-0.3, -0.25) is 9.59 Å². The number of ketones is 1. The molecule has 0 aliphatic carbocycles. The Hall–Kier alpha value is -3.08. The topological polar surface area (TPSA) is 66.8 Å². The number of aliphatic hydroxyl groups excluding tert-OH is 1. The number of likely N-dealkylation sites (tertiary alicyclic amines) is 1. The van der Waals surface area contributed by atoms with Crippen LogP contribution in [-0.4, -0.2) is 35.4 Å². The molecule has 29 heavy (non-hydrogen) atoms. The molecule has 1 amide bonds. The van der Waals surface area contributed by atoms with E-state index in [1.54, 1.807) is 48.4 Å². The van der Waals surface area contributed by atoms with Gasteiger partial charge in [-0.1, -0.05) is 68.7 Å². The summed E-state index contributed by atoms with van der Waals surface area (Å²) in [5, 5.41) is 10.9. The molecule has 5 heteroatoms. The number of unbranched alkanes of at least 4 members (excludes halogenated alkanes) is 3. The predicted molar refractivity (Wildman–Crippen MR) is 113 cm³/mol. The van der Waals surface area contributed by atoms with Gasteiger partial charge in [0.2, 0.25) is 0 Å². The van der Waals surface area contributed by atoms with Gasteiger partial charge in [0.25, 0.3) is 11.7 Å². The molecule has 0 saturated carbocycles. The fourth-order valence-electron chi connectivity index (χ4n) is 3.70. The first-order chi connectivity index (χ1) is 14.1. The summed E-state index contributed by atoms with van der Waals surface area (Å²) in [5.41, 5.74) is 1.44. The molecule has 1 aliphatic rings. The second kappa shape index (κ2) is 9.41. The van der Waals surface area contributed by atoms with Crippen LogP contribution in [0, 0.1) is 0 Å². The van der Waals surface area contributed by atoms with Crippen LogP contribution in [0.3, 0.4) is 0 Å². The number of rotatable bonds is 8. The van der Waals surface area contributed by atoms with Crippen LogP contribution in [0.15, 0.2) is 60.2 Å². The van der Waals surface area contributed by atoms with E-state index in [4.69, 9.17) is 4.74 Å². The third kappa shape index (κ3) is 4.34. The molecule has 2 aromatic carbocycles. The Kier molecular flexibility index (Phi) is 6.70. The molecule has 3 rings (SSSR count). The molecule has 152 valence electrons. The average Bonchev–Trinajstić information content (AvgIpc) is 3.01. The van der Waals surface area contributed by atoms with Gasteiger partial charge in [-0.2, -0.15) is 0 Å². The number of carbonyl (C=O) groups is 2. The molecular weight excluding hydrogens is 366 g/mol. The number of nitrogens with zero attached hydrogens (tertiary/aromatic N) is 1. The summed E-state index contributed by atoms with van der Waals surface area (Å²) in [4.78, 5) is 27.3. The Bertz CT molecular complexity index is 887. The highest BCUT2D eigenvalue weighted by molar-refractivity contribution is 6.46. The van der Waals surface area contributed by atoms with Crippen LogP contribution in [-0.2, 0) is 9.59 Å². The zero-order valence-electron chi connectivity index (χ0n) is 16.9. The lowest BCUT2D eigenvalue weighted by molar-refractivity contribution is -0.139. The minimum Gasteiger partial charge on any atom is -0.507 e. The number of aliphatic hydroxyl groups is 1. The molecule has 0 unspecified atom stereocenters. The summed E-state index contributed by atoms with van der Waals surface area (Å²) in [6.07, 6.45) is 3.99. The summed E-state index contributed by atoms with van der Waals surface area (Å²) >= 11 is 0. The Labute approximate surface area is 171 Å². The van der Waals surface area contributed by atoms with Gasteiger partial charge in [-0.15, -0.1) is 0 Å². The van der Waals surface area contributed by atoms with E-state index in [0.717, 1.165) is 31.2 Å². The van der Waals surface area contributed by atoms with Crippen molar-refractivity contribution >= 4 is 17.4 Å². The predicted octanol–water partition coefficient (Wildman–Crippen LogP) is 4.70. The van der Waals surface area contributed by atoms with Gasteiger partial charge >= 0.3 is 0 Å². The maximum absolute atomic E-state index is 12.9. The Morgan fingerprint density at radius 2 is 1.69 bits per heavy atom. The standard InChI is InChI=1S/C24H27NO4/c1-3-4-5-9-16-25-21(17-12-14-19(29-2)15-13-17)20(23(27)24(25)28)22(26)18-10-7-6-8-11-18/h6-8,10-15,21,26H,3-5,9,16H2,1-2H3/t21-/m1/s1. The highest BCUT2D eigenvalue weighted by atomic mass is 16.5. The number of amides is 1. The summed E-state index contributed by atoms with van der Waals surface area (Å²) in [6, 6.07) is 15.6. The van der Waals surface area contributed by atoms with E-state index in [1.807, 2.05) is 18.2 Å². The lowest BCUT2D eigenvalue weighted by Crippen LogP contribution is -2.30. The zero-order valence-corrected chi connectivity index (χ0v) is 16.9. The van der Waals surface area contributed by atoms with Crippen molar-refractivity contribution in [2.75, 3.05) is 13.7 Å². The van der Waals surface area contributed by atoms with Crippen LogP contribution in [0.25, 0.3) is 5.76 Å². The Morgan fingerprint density at radius 3 is 2.31 bits per heavy atom. The molecule has 0 radical (unpaired) electrons. The van der Waals surface area contributed by atoms with Crippen molar-refractivity contribution < 1.29 is 19.4 Å². The average molecular weight is 393 g/mol. The monoisotopic (exact) mass is 393 g/mol. The van der Waals surface area contributed by atoms with E-state index in [-0.39, 0.29) is 11.3 Å². The molecule has 0 bridgehead atoms. The van der Waals surface area contributed by atoms with E-state index < -0.39 is 17.7 Å². The molecule has 2 aromatic rings. The van der Waals surface area contributed by atoms with Crippen molar-refractivity contribution in [2.45, 2.75) is 38.6 Å². The minimum atomic E-state index is -0.636. The van der Waals surface area contributed by atoms with E-state index in [9.17, 15) is 14.7 Å². The van der Waals surface area contributed by atoms with E-state index in [0.29, 0.717) is 17.9 Å². The number of hydrogen-bond acceptors (Lipinski definition) is 4. The van der Waals surface area contributed by atoms with Crippen molar-refractivity contribution in [1.82, 2.24) is 4.90 Å². The first-order valence-electron chi connectivity index (χ1n) is 10.1. The third-order valence-corrected chi connectivity index (χ3v) is 5.27. The number of hydrogen-bond donors (Lipinski definition) is 1. The van der Waals surface area contributed by atoms with Crippen molar-refractivity contribution in [1.29, 1.82) is 0 Å². The first kappa shape index (κ1) is 20.6. The molecule has 1 atom stereocenters. The fourth-order valence-corrected chi connectivity index (χ4v) is 3.70. The minimum absolute atomic E-state index is 0.138. The first-order valence-corrected chi connectivity index (χ1v) is 10.1. The van der Waals surface area contributed by atoms with Gasteiger partial charge in [0.05, 0.1) is 18.7 Å². The largest absolute Gasteiger partial charge is 0.507 e. The number of carbonyl (C=O) groups excluding carboxylic acids is 2. The van der Waals surface area contributed by atoms with Crippen LogP contribution in [0.5, 0.6) is 5.75 Å². The second-order valence-corrected chi connectivity index (χ2v) is 7.19. The number of methoxy groups -OCH3 is 1. The smallest absolute Gasteiger partial charge is 0.295 e. The lowest BCUT2D eigenvalue weighted by Gasteiger charge is -2.25. The molecule has 0 aromatic heterocycles.